The van der Waals surface area contributed by atoms with Gasteiger partial charge in [0.05, 0.1) is 12.1 Å². The van der Waals surface area contributed by atoms with E-state index in [0.717, 1.165) is 19.3 Å². The summed E-state index contributed by atoms with van der Waals surface area (Å²) < 4.78 is 0. The number of rotatable bonds is 11. The van der Waals surface area contributed by atoms with Crippen molar-refractivity contribution in [3.63, 3.8) is 0 Å². The summed E-state index contributed by atoms with van der Waals surface area (Å²) in [6.07, 6.45) is 2.63. The number of hydrogen-bond donors (Lipinski definition) is 3. The van der Waals surface area contributed by atoms with E-state index in [-0.39, 0.29) is 29.9 Å². The Morgan fingerprint density at radius 2 is 1.45 bits per heavy atom. The zero-order chi connectivity index (χ0) is 15.5. The van der Waals surface area contributed by atoms with Crippen molar-refractivity contribution >= 4 is 17.5 Å². The molecule has 0 spiro atoms. The van der Waals surface area contributed by atoms with Gasteiger partial charge in [0.2, 0.25) is 5.91 Å². The summed E-state index contributed by atoms with van der Waals surface area (Å²) in [5, 5.41) is 8.56. The molecule has 0 saturated carbocycles. The van der Waals surface area contributed by atoms with E-state index in [1.54, 1.807) is 21.0 Å². The fraction of sp³-hybridized carbons (Fsp3) is 0.786. The highest BCUT2D eigenvalue weighted by Crippen LogP contribution is 2.01. The molecule has 6 nitrogen and oxygen atoms in total. The molecule has 0 bridgehead atoms. The molecule has 0 radical (unpaired) electrons. The second-order valence-corrected chi connectivity index (χ2v) is 4.95. The highest BCUT2D eigenvalue weighted by Gasteiger charge is 2.15. The lowest BCUT2D eigenvalue weighted by Gasteiger charge is -2.14. The van der Waals surface area contributed by atoms with Crippen LogP contribution < -0.4 is 16.0 Å². The first-order valence-corrected chi connectivity index (χ1v) is 7.04. The standard InChI is InChI=1S/C14H27N3O3/c1-10(18)12(15-3)7-5-6-8-17-14(20)9-13(16-4)11(2)19/h12-13,15-16H,5-9H2,1-4H3,(H,17,20)/t12-,13-/m0/s1. The molecule has 0 unspecified atom stereocenters. The van der Waals surface area contributed by atoms with Gasteiger partial charge in [0.1, 0.15) is 11.6 Å². The largest absolute Gasteiger partial charge is 0.356 e. The number of Topliss-reactive ketones (excluding diaryl/α,β-unsaturated/α-hetero) is 2. The van der Waals surface area contributed by atoms with Crippen molar-refractivity contribution < 1.29 is 14.4 Å². The highest BCUT2D eigenvalue weighted by atomic mass is 16.2. The molecule has 0 aromatic rings. The quantitative estimate of drug-likeness (QED) is 0.466. The molecule has 1 amide bonds. The Morgan fingerprint density at radius 1 is 0.900 bits per heavy atom. The van der Waals surface area contributed by atoms with Crippen LogP contribution in [0.3, 0.4) is 0 Å². The van der Waals surface area contributed by atoms with Crippen molar-refractivity contribution in [2.75, 3.05) is 20.6 Å². The predicted octanol–water partition coefficient (Wildman–Crippen LogP) is 0.0170. The molecule has 0 aliphatic carbocycles. The summed E-state index contributed by atoms with van der Waals surface area (Å²) in [4.78, 5) is 34.0. The number of amides is 1. The first kappa shape index (κ1) is 18.7. The van der Waals surface area contributed by atoms with Crippen LogP contribution in [-0.4, -0.2) is 50.2 Å². The normalized spacial score (nSPS) is 13.6. The van der Waals surface area contributed by atoms with E-state index < -0.39 is 6.04 Å². The summed E-state index contributed by atoms with van der Waals surface area (Å²) in [5.74, 6) is -0.0351. The number of hydrogen-bond acceptors (Lipinski definition) is 5. The lowest BCUT2D eigenvalue weighted by molar-refractivity contribution is -0.126. The second-order valence-electron chi connectivity index (χ2n) is 4.95. The lowest BCUT2D eigenvalue weighted by atomic mass is 10.1. The van der Waals surface area contributed by atoms with Crippen LogP contribution in [0.25, 0.3) is 0 Å². The molecule has 3 N–H and O–H groups in total. The van der Waals surface area contributed by atoms with Gasteiger partial charge >= 0.3 is 0 Å². The van der Waals surface area contributed by atoms with Gasteiger partial charge < -0.3 is 16.0 Å². The molecule has 0 aliphatic rings. The van der Waals surface area contributed by atoms with Gasteiger partial charge in [-0.15, -0.1) is 0 Å². The molecule has 0 aliphatic heterocycles. The second kappa shape index (κ2) is 10.5. The minimum Gasteiger partial charge on any atom is -0.356 e. The van der Waals surface area contributed by atoms with Gasteiger partial charge in [-0.1, -0.05) is 0 Å². The Bertz CT molecular complexity index is 332. The number of carbonyl (C=O) groups excluding carboxylic acids is 3. The zero-order valence-corrected chi connectivity index (χ0v) is 12.9. The van der Waals surface area contributed by atoms with Gasteiger partial charge in [0, 0.05) is 13.0 Å². The maximum atomic E-state index is 11.6. The summed E-state index contributed by atoms with van der Waals surface area (Å²) in [6.45, 7) is 3.61. The van der Waals surface area contributed by atoms with E-state index in [2.05, 4.69) is 16.0 Å². The molecule has 0 saturated heterocycles. The number of likely N-dealkylation sites (N-methyl/N-ethyl adjacent to an activating group) is 2. The third-order valence-corrected chi connectivity index (χ3v) is 3.31. The van der Waals surface area contributed by atoms with E-state index in [1.165, 1.54) is 6.92 Å². The Kier molecular flexibility index (Phi) is 9.84. The van der Waals surface area contributed by atoms with Crippen LogP contribution in [0.15, 0.2) is 0 Å². The monoisotopic (exact) mass is 285 g/mol. The smallest absolute Gasteiger partial charge is 0.222 e. The molecule has 0 heterocycles. The molecule has 2 atom stereocenters. The zero-order valence-electron chi connectivity index (χ0n) is 12.9. The van der Waals surface area contributed by atoms with E-state index in [9.17, 15) is 14.4 Å². The molecule has 20 heavy (non-hydrogen) atoms. The highest BCUT2D eigenvalue weighted by molar-refractivity contribution is 5.88. The summed E-state index contributed by atoms with van der Waals surface area (Å²) >= 11 is 0. The third kappa shape index (κ3) is 8.01. The van der Waals surface area contributed by atoms with Crippen molar-refractivity contribution in [2.45, 2.75) is 51.6 Å². The minimum absolute atomic E-state index is 0.0408. The van der Waals surface area contributed by atoms with Gasteiger partial charge in [0.25, 0.3) is 0 Å². The van der Waals surface area contributed by atoms with Crippen molar-refractivity contribution in [3.8, 4) is 0 Å². The Morgan fingerprint density at radius 3 is 1.90 bits per heavy atom. The van der Waals surface area contributed by atoms with Gasteiger partial charge in [-0.3, -0.25) is 14.4 Å². The number of carbonyl (C=O) groups is 3. The molecule has 0 aromatic carbocycles. The van der Waals surface area contributed by atoms with Crippen molar-refractivity contribution in [1.82, 2.24) is 16.0 Å². The van der Waals surface area contributed by atoms with Crippen molar-refractivity contribution in [3.05, 3.63) is 0 Å². The third-order valence-electron chi connectivity index (χ3n) is 3.31. The summed E-state index contributed by atoms with van der Waals surface area (Å²) in [6, 6.07) is -0.515. The van der Waals surface area contributed by atoms with Gasteiger partial charge in [-0.05, 0) is 47.2 Å². The molecular weight excluding hydrogens is 258 g/mol. The van der Waals surface area contributed by atoms with Gasteiger partial charge in [-0.2, -0.15) is 0 Å². The fourth-order valence-corrected chi connectivity index (χ4v) is 1.96. The number of ketones is 2. The van der Waals surface area contributed by atoms with Crippen molar-refractivity contribution in [2.24, 2.45) is 0 Å². The Labute approximate surface area is 121 Å². The maximum absolute atomic E-state index is 11.6. The molecule has 116 valence electrons. The lowest BCUT2D eigenvalue weighted by Crippen LogP contribution is -2.38. The number of unbranched alkanes of at least 4 members (excludes halogenated alkanes) is 1. The van der Waals surface area contributed by atoms with Crippen LogP contribution >= 0.6 is 0 Å². The first-order chi connectivity index (χ1) is 9.42. The average molecular weight is 285 g/mol. The summed E-state index contributed by atoms with van der Waals surface area (Å²) in [7, 11) is 3.44. The minimum atomic E-state index is -0.415. The number of nitrogens with one attached hydrogen (secondary N) is 3. The Hall–Kier alpha value is -1.27. The Balaban J connectivity index is 3.77. The van der Waals surface area contributed by atoms with Crippen LogP contribution in [-0.2, 0) is 14.4 Å². The van der Waals surface area contributed by atoms with Crippen LogP contribution in [0.1, 0.15) is 39.5 Å². The van der Waals surface area contributed by atoms with Crippen molar-refractivity contribution in [1.29, 1.82) is 0 Å². The van der Waals surface area contributed by atoms with Gasteiger partial charge in [-0.25, -0.2) is 0 Å². The molecule has 6 heteroatoms. The average Bonchev–Trinajstić information content (AvgIpc) is 2.39. The van der Waals surface area contributed by atoms with E-state index in [0.29, 0.717) is 6.54 Å². The fourth-order valence-electron chi connectivity index (χ4n) is 1.96. The van der Waals surface area contributed by atoms with E-state index in [1.807, 2.05) is 0 Å². The first-order valence-electron chi connectivity index (χ1n) is 7.04. The van der Waals surface area contributed by atoms with Gasteiger partial charge in [0.15, 0.2) is 0 Å². The van der Waals surface area contributed by atoms with Crippen LogP contribution in [0, 0.1) is 0 Å². The molecule has 0 fully saturated rings. The maximum Gasteiger partial charge on any atom is 0.222 e. The van der Waals surface area contributed by atoms with Crippen LogP contribution in [0.5, 0.6) is 0 Å². The predicted molar refractivity (Wildman–Crippen MR) is 78.5 cm³/mol. The van der Waals surface area contributed by atoms with E-state index in [4.69, 9.17) is 0 Å². The molecular formula is C14H27N3O3. The van der Waals surface area contributed by atoms with Crippen LogP contribution in [0.2, 0.25) is 0 Å². The topological polar surface area (TPSA) is 87.3 Å². The SMILES string of the molecule is CN[C@@H](CCCCNC(=O)C[C@H](NC)C(C)=O)C(C)=O. The molecule has 0 rings (SSSR count). The van der Waals surface area contributed by atoms with Crippen LogP contribution in [0.4, 0.5) is 0 Å². The molecule has 0 aromatic heterocycles. The van der Waals surface area contributed by atoms with E-state index >= 15 is 0 Å². The summed E-state index contributed by atoms with van der Waals surface area (Å²) in [5.41, 5.74) is 0.